The van der Waals surface area contributed by atoms with E-state index in [0.717, 1.165) is 0 Å². The topological polar surface area (TPSA) is 101 Å². The first-order chi connectivity index (χ1) is 8.69. The van der Waals surface area contributed by atoms with Crippen molar-refractivity contribution in [3.8, 4) is 0 Å². The lowest BCUT2D eigenvalue weighted by Gasteiger charge is -2.35. The highest BCUT2D eigenvalue weighted by atomic mass is 16.7. The van der Waals surface area contributed by atoms with Gasteiger partial charge in [0.15, 0.2) is 6.29 Å². The van der Waals surface area contributed by atoms with E-state index in [1.54, 1.807) is 0 Å². The standard InChI is InChI=1S/C11H21NO6/c1-12-2-3-16-4-5-17-10-6-8(14)11(15)9(7-13)18-10/h8-11,13-15H,1-7H2. The van der Waals surface area contributed by atoms with Crippen LogP contribution in [-0.2, 0) is 14.2 Å². The number of aliphatic hydroxyl groups is 3. The average Bonchev–Trinajstić information content (AvgIpc) is 2.37. The molecule has 7 nitrogen and oxygen atoms in total. The molecule has 0 aromatic heterocycles. The van der Waals surface area contributed by atoms with E-state index in [2.05, 4.69) is 11.7 Å². The van der Waals surface area contributed by atoms with Crippen LogP contribution in [0.1, 0.15) is 6.42 Å². The Morgan fingerprint density at radius 2 is 2.06 bits per heavy atom. The van der Waals surface area contributed by atoms with Gasteiger partial charge in [-0.15, -0.1) is 0 Å². The molecule has 1 aliphatic rings. The van der Waals surface area contributed by atoms with Gasteiger partial charge in [-0.05, 0) is 6.72 Å². The number of nitrogens with zero attached hydrogens (tertiary/aromatic N) is 1. The predicted molar refractivity (Wildman–Crippen MR) is 63.6 cm³/mol. The molecular formula is C11H21NO6. The lowest BCUT2D eigenvalue weighted by Crippen LogP contribution is -2.50. The molecule has 0 saturated carbocycles. The van der Waals surface area contributed by atoms with Gasteiger partial charge >= 0.3 is 0 Å². The van der Waals surface area contributed by atoms with Gasteiger partial charge in [-0.3, -0.25) is 4.99 Å². The first kappa shape index (κ1) is 15.5. The third-order valence-electron chi connectivity index (χ3n) is 2.64. The zero-order valence-corrected chi connectivity index (χ0v) is 10.3. The number of aliphatic hydroxyl groups excluding tert-OH is 3. The summed E-state index contributed by atoms with van der Waals surface area (Å²) in [5.41, 5.74) is 0. The first-order valence-corrected chi connectivity index (χ1v) is 5.93. The van der Waals surface area contributed by atoms with Gasteiger partial charge < -0.3 is 29.5 Å². The summed E-state index contributed by atoms with van der Waals surface area (Å²) in [5.74, 6) is 0. The van der Waals surface area contributed by atoms with Crippen LogP contribution in [0.5, 0.6) is 0 Å². The van der Waals surface area contributed by atoms with Gasteiger partial charge in [0, 0.05) is 6.42 Å². The highest BCUT2D eigenvalue weighted by Crippen LogP contribution is 2.20. The fourth-order valence-corrected chi connectivity index (χ4v) is 1.64. The number of rotatable bonds is 8. The van der Waals surface area contributed by atoms with E-state index in [1.165, 1.54) is 0 Å². The Labute approximate surface area is 106 Å². The molecule has 4 unspecified atom stereocenters. The minimum atomic E-state index is -1.08. The fraction of sp³-hybridized carbons (Fsp3) is 0.909. The Hall–Kier alpha value is -0.570. The summed E-state index contributed by atoms with van der Waals surface area (Å²) in [6.07, 6.45) is -3.31. The molecule has 0 radical (unpaired) electrons. The second kappa shape index (κ2) is 8.52. The Morgan fingerprint density at radius 1 is 1.28 bits per heavy atom. The summed E-state index contributed by atoms with van der Waals surface area (Å²) in [6, 6.07) is 0. The molecule has 0 spiro atoms. The summed E-state index contributed by atoms with van der Waals surface area (Å²) >= 11 is 0. The van der Waals surface area contributed by atoms with Gasteiger partial charge in [0.05, 0.1) is 39.1 Å². The van der Waals surface area contributed by atoms with Crippen molar-refractivity contribution in [2.75, 3.05) is 33.0 Å². The Bertz CT molecular complexity index is 240. The molecule has 7 heteroatoms. The molecule has 18 heavy (non-hydrogen) atoms. The van der Waals surface area contributed by atoms with Crippen LogP contribution in [0.2, 0.25) is 0 Å². The minimum Gasteiger partial charge on any atom is -0.394 e. The van der Waals surface area contributed by atoms with Gasteiger partial charge in [0.25, 0.3) is 0 Å². The second-order valence-corrected chi connectivity index (χ2v) is 4.01. The van der Waals surface area contributed by atoms with Crippen LogP contribution in [0, 0.1) is 0 Å². The molecule has 1 saturated heterocycles. The molecule has 0 bridgehead atoms. The minimum absolute atomic E-state index is 0.172. The summed E-state index contributed by atoms with van der Waals surface area (Å²) in [6.45, 7) is 4.69. The van der Waals surface area contributed by atoms with E-state index in [4.69, 9.17) is 19.3 Å². The van der Waals surface area contributed by atoms with Crippen molar-refractivity contribution in [2.45, 2.75) is 31.0 Å². The SMILES string of the molecule is C=NCCOCCOC1CC(O)C(O)C(CO)O1. The molecule has 106 valence electrons. The molecular weight excluding hydrogens is 242 g/mol. The molecule has 0 aromatic rings. The van der Waals surface area contributed by atoms with Gasteiger partial charge in [0.2, 0.25) is 0 Å². The first-order valence-electron chi connectivity index (χ1n) is 5.93. The van der Waals surface area contributed by atoms with Gasteiger partial charge in [-0.25, -0.2) is 0 Å². The normalized spacial score (nSPS) is 32.4. The Kier molecular flexibility index (Phi) is 7.33. The molecule has 3 N–H and O–H groups in total. The molecule has 0 aromatic carbocycles. The van der Waals surface area contributed by atoms with E-state index >= 15 is 0 Å². The van der Waals surface area contributed by atoms with Crippen LogP contribution in [0.15, 0.2) is 4.99 Å². The molecule has 0 amide bonds. The zero-order valence-electron chi connectivity index (χ0n) is 10.3. The number of hydrogen-bond acceptors (Lipinski definition) is 7. The van der Waals surface area contributed by atoms with Gasteiger partial charge in [-0.1, -0.05) is 0 Å². The Morgan fingerprint density at radius 3 is 2.72 bits per heavy atom. The van der Waals surface area contributed by atoms with Crippen LogP contribution in [0.25, 0.3) is 0 Å². The predicted octanol–water partition coefficient (Wildman–Crippen LogP) is -1.45. The second-order valence-electron chi connectivity index (χ2n) is 4.01. The number of hydrogen-bond donors (Lipinski definition) is 3. The van der Waals surface area contributed by atoms with Crippen LogP contribution in [-0.4, -0.2) is 79.6 Å². The van der Waals surface area contributed by atoms with Crippen LogP contribution in [0.4, 0.5) is 0 Å². The summed E-state index contributed by atoms with van der Waals surface area (Å²) < 4.78 is 15.8. The van der Waals surface area contributed by atoms with Crippen molar-refractivity contribution in [1.29, 1.82) is 0 Å². The lowest BCUT2D eigenvalue weighted by molar-refractivity contribution is -0.258. The molecule has 4 atom stereocenters. The van der Waals surface area contributed by atoms with E-state index in [0.29, 0.717) is 26.4 Å². The maximum absolute atomic E-state index is 9.55. The number of aliphatic imine (C=N–C) groups is 1. The largest absolute Gasteiger partial charge is 0.394 e. The summed E-state index contributed by atoms with van der Waals surface area (Å²) in [4.78, 5) is 3.63. The Balaban J connectivity index is 2.16. The highest BCUT2D eigenvalue weighted by molar-refractivity contribution is 5.22. The van der Waals surface area contributed by atoms with E-state index in [-0.39, 0.29) is 13.0 Å². The van der Waals surface area contributed by atoms with E-state index in [9.17, 15) is 10.2 Å². The maximum atomic E-state index is 9.55. The molecule has 1 aliphatic heterocycles. The summed E-state index contributed by atoms with van der Waals surface area (Å²) in [7, 11) is 0. The monoisotopic (exact) mass is 263 g/mol. The van der Waals surface area contributed by atoms with Crippen LogP contribution < -0.4 is 0 Å². The van der Waals surface area contributed by atoms with Crippen molar-refractivity contribution >= 4 is 6.72 Å². The molecule has 1 rings (SSSR count). The van der Waals surface area contributed by atoms with Crippen molar-refractivity contribution < 1.29 is 29.5 Å². The molecule has 1 fully saturated rings. The third-order valence-corrected chi connectivity index (χ3v) is 2.64. The quantitative estimate of drug-likeness (QED) is 0.366. The fourth-order valence-electron chi connectivity index (χ4n) is 1.64. The third kappa shape index (κ3) is 4.97. The lowest BCUT2D eigenvalue weighted by atomic mass is 10.0. The smallest absolute Gasteiger partial charge is 0.160 e. The summed E-state index contributed by atoms with van der Waals surface area (Å²) in [5, 5.41) is 28.0. The highest BCUT2D eigenvalue weighted by Gasteiger charge is 2.36. The van der Waals surface area contributed by atoms with Crippen molar-refractivity contribution in [2.24, 2.45) is 4.99 Å². The van der Waals surface area contributed by atoms with Crippen molar-refractivity contribution in [3.63, 3.8) is 0 Å². The van der Waals surface area contributed by atoms with Crippen molar-refractivity contribution in [1.82, 2.24) is 0 Å². The van der Waals surface area contributed by atoms with Crippen molar-refractivity contribution in [3.05, 3.63) is 0 Å². The van der Waals surface area contributed by atoms with E-state index < -0.39 is 24.6 Å². The van der Waals surface area contributed by atoms with Gasteiger partial charge in [0.1, 0.15) is 12.2 Å². The molecule has 1 heterocycles. The zero-order chi connectivity index (χ0) is 13.4. The number of ether oxygens (including phenoxy) is 3. The van der Waals surface area contributed by atoms with Gasteiger partial charge in [-0.2, -0.15) is 0 Å². The van der Waals surface area contributed by atoms with Crippen LogP contribution in [0.3, 0.4) is 0 Å². The molecule has 0 aliphatic carbocycles. The van der Waals surface area contributed by atoms with Crippen LogP contribution >= 0.6 is 0 Å². The maximum Gasteiger partial charge on any atom is 0.160 e. The average molecular weight is 263 g/mol. The van der Waals surface area contributed by atoms with E-state index in [1.807, 2.05) is 0 Å².